The minimum absolute atomic E-state index is 0.00868. The zero-order valence-corrected chi connectivity index (χ0v) is 14.8. The number of hydrogen-bond donors (Lipinski definition) is 1. The SMILES string of the molecule is COc1ccc(/C=C(\C#N)C(=O)Nc2cccc(C(F)(F)F)c2)cc1OC(F)F. The summed E-state index contributed by atoms with van der Waals surface area (Å²) in [7, 11) is 1.24. The average molecular weight is 412 g/mol. The molecule has 0 atom stereocenters. The molecule has 2 rings (SSSR count). The third-order valence-electron chi connectivity index (χ3n) is 3.53. The third-order valence-corrected chi connectivity index (χ3v) is 3.53. The summed E-state index contributed by atoms with van der Waals surface area (Å²) in [6.45, 7) is -3.12. The fourth-order valence-electron chi connectivity index (χ4n) is 2.26. The van der Waals surface area contributed by atoms with E-state index in [0.29, 0.717) is 0 Å². The van der Waals surface area contributed by atoms with E-state index in [-0.39, 0.29) is 22.7 Å². The first-order valence-electron chi connectivity index (χ1n) is 7.87. The van der Waals surface area contributed by atoms with Crippen LogP contribution < -0.4 is 14.8 Å². The van der Waals surface area contributed by atoms with Crippen LogP contribution in [0, 0.1) is 11.3 Å². The maximum absolute atomic E-state index is 12.8. The summed E-state index contributed by atoms with van der Waals surface area (Å²) in [4.78, 5) is 12.2. The molecule has 0 unspecified atom stereocenters. The number of hydrogen-bond acceptors (Lipinski definition) is 4. The predicted molar refractivity (Wildman–Crippen MR) is 93.3 cm³/mol. The molecule has 1 N–H and O–H groups in total. The smallest absolute Gasteiger partial charge is 0.416 e. The van der Waals surface area contributed by atoms with Crippen LogP contribution in [0.4, 0.5) is 27.6 Å². The summed E-state index contributed by atoms with van der Waals surface area (Å²) in [6.07, 6.45) is -3.53. The van der Waals surface area contributed by atoms with Gasteiger partial charge in [0.25, 0.3) is 5.91 Å². The normalized spacial score (nSPS) is 11.7. The molecule has 5 nitrogen and oxygen atoms in total. The van der Waals surface area contributed by atoms with Crippen LogP contribution in [-0.4, -0.2) is 19.6 Å². The molecule has 0 fully saturated rings. The Kier molecular flexibility index (Phi) is 6.77. The molecule has 0 bridgehead atoms. The van der Waals surface area contributed by atoms with Crippen molar-refractivity contribution in [3.05, 3.63) is 59.2 Å². The molecule has 0 aliphatic carbocycles. The molecule has 2 aromatic rings. The largest absolute Gasteiger partial charge is 0.493 e. The van der Waals surface area contributed by atoms with Crippen molar-refractivity contribution < 1.29 is 36.2 Å². The maximum Gasteiger partial charge on any atom is 0.416 e. The number of benzene rings is 2. The van der Waals surface area contributed by atoms with Crippen molar-refractivity contribution in [1.82, 2.24) is 0 Å². The zero-order valence-electron chi connectivity index (χ0n) is 14.8. The highest BCUT2D eigenvalue weighted by Gasteiger charge is 2.30. The first kappa shape index (κ1) is 21.7. The van der Waals surface area contributed by atoms with Gasteiger partial charge in [-0.15, -0.1) is 0 Å². The standard InChI is InChI=1S/C19H13F5N2O3/c1-28-15-6-5-11(8-16(15)29-18(20)21)7-12(10-25)17(27)26-14-4-2-3-13(9-14)19(22,23)24/h2-9,18H,1H3,(H,26,27)/b12-7+. The van der Waals surface area contributed by atoms with E-state index in [0.717, 1.165) is 30.3 Å². The summed E-state index contributed by atoms with van der Waals surface area (Å²) in [5.41, 5.74) is -1.43. The Bertz CT molecular complexity index is 965. The van der Waals surface area contributed by atoms with Crippen LogP contribution in [0.15, 0.2) is 48.0 Å². The van der Waals surface area contributed by atoms with E-state index in [1.54, 1.807) is 6.07 Å². The van der Waals surface area contributed by atoms with E-state index in [4.69, 9.17) is 4.74 Å². The maximum atomic E-state index is 12.8. The number of amides is 1. The third kappa shape index (κ3) is 5.93. The molecule has 0 heterocycles. The molecule has 0 radical (unpaired) electrons. The minimum atomic E-state index is -4.60. The van der Waals surface area contributed by atoms with Gasteiger partial charge in [-0.3, -0.25) is 4.79 Å². The van der Waals surface area contributed by atoms with Gasteiger partial charge >= 0.3 is 12.8 Å². The number of nitrogens with one attached hydrogen (secondary N) is 1. The number of methoxy groups -OCH3 is 1. The van der Waals surface area contributed by atoms with Gasteiger partial charge in [-0.2, -0.15) is 27.2 Å². The first-order chi connectivity index (χ1) is 13.6. The highest BCUT2D eigenvalue weighted by atomic mass is 19.4. The summed E-state index contributed by atoms with van der Waals surface area (Å²) >= 11 is 0. The molecule has 0 aliphatic heterocycles. The van der Waals surface area contributed by atoms with Crippen LogP contribution >= 0.6 is 0 Å². The Morgan fingerprint density at radius 1 is 1.17 bits per heavy atom. The Hall–Kier alpha value is -3.61. The van der Waals surface area contributed by atoms with E-state index in [2.05, 4.69) is 10.1 Å². The van der Waals surface area contributed by atoms with Gasteiger partial charge in [0, 0.05) is 5.69 Å². The molecule has 152 valence electrons. The number of halogens is 5. The van der Waals surface area contributed by atoms with Crippen molar-refractivity contribution in [2.24, 2.45) is 0 Å². The van der Waals surface area contributed by atoms with Gasteiger partial charge in [-0.25, -0.2) is 0 Å². The van der Waals surface area contributed by atoms with Crippen molar-refractivity contribution in [3.63, 3.8) is 0 Å². The van der Waals surface area contributed by atoms with Gasteiger partial charge in [0.2, 0.25) is 0 Å². The van der Waals surface area contributed by atoms with E-state index in [9.17, 15) is 32.0 Å². The number of ether oxygens (including phenoxy) is 2. The van der Waals surface area contributed by atoms with Gasteiger partial charge in [-0.05, 0) is 42.0 Å². The van der Waals surface area contributed by atoms with Crippen LogP contribution in [0.2, 0.25) is 0 Å². The molecule has 0 spiro atoms. The Balaban J connectivity index is 2.28. The monoisotopic (exact) mass is 412 g/mol. The van der Waals surface area contributed by atoms with Crippen molar-refractivity contribution in [2.75, 3.05) is 12.4 Å². The summed E-state index contributed by atoms with van der Waals surface area (Å²) in [5, 5.41) is 11.4. The lowest BCUT2D eigenvalue weighted by molar-refractivity contribution is -0.137. The fraction of sp³-hybridized carbons (Fsp3) is 0.158. The Morgan fingerprint density at radius 3 is 2.48 bits per heavy atom. The van der Waals surface area contributed by atoms with Crippen LogP contribution in [0.3, 0.4) is 0 Å². The van der Waals surface area contributed by atoms with Gasteiger partial charge in [-0.1, -0.05) is 12.1 Å². The predicted octanol–water partition coefficient (Wildman–Crippen LogP) is 4.86. The van der Waals surface area contributed by atoms with Crippen LogP contribution in [-0.2, 0) is 11.0 Å². The molecule has 0 aromatic heterocycles. The summed E-state index contributed by atoms with van der Waals surface area (Å²) in [6, 6.07) is 9.29. The van der Waals surface area contributed by atoms with Gasteiger partial charge in [0.05, 0.1) is 12.7 Å². The highest BCUT2D eigenvalue weighted by molar-refractivity contribution is 6.09. The molecule has 1 amide bonds. The van der Waals surface area contributed by atoms with Gasteiger partial charge in [0.15, 0.2) is 11.5 Å². The van der Waals surface area contributed by atoms with Crippen LogP contribution in [0.5, 0.6) is 11.5 Å². The van der Waals surface area contributed by atoms with Crippen molar-refractivity contribution in [1.29, 1.82) is 5.26 Å². The van der Waals surface area contributed by atoms with E-state index < -0.39 is 29.8 Å². The molecule has 29 heavy (non-hydrogen) atoms. The number of rotatable bonds is 6. The summed E-state index contributed by atoms with van der Waals surface area (Å²) < 4.78 is 72.5. The average Bonchev–Trinajstić information content (AvgIpc) is 2.65. The topological polar surface area (TPSA) is 71.3 Å². The summed E-state index contributed by atoms with van der Waals surface area (Å²) in [5.74, 6) is -1.28. The number of alkyl halides is 5. The number of carbonyl (C=O) groups excluding carboxylic acids is 1. The second-order valence-electron chi connectivity index (χ2n) is 5.49. The molecule has 0 saturated heterocycles. The lowest BCUT2D eigenvalue weighted by Gasteiger charge is -2.11. The van der Waals surface area contributed by atoms with Crippen LogP contribution in [0.25, 0.3) is 6.08 Å². The Labute approximate surface area is 162 Å². The molecule has 2 aromatic carbocycles. The van der Waals surface area contributed by atoms with Crippen molar-refractivity contribution in [3.8, 4) is 17.6 Å². The number of carbonyl (C=O) groups is 1. The number of anilines is 1. The molecular weight excluding hydrogens is 399 g/mol. The second kappa shape index (κ2) is 9.05. The lowest BCUT2D eigenvalue weighted by Crippen LogP contribution is -2.14. The Morgan fingerprint density at radius 2 is 1.90 bits per heavy atom. The van der Waals surface area contributed by atoms with Crippen molar-refractivity contribution in [2.45, 2.75) is 12.8 Å². The second-order valence-corrected chi connectivity index (χ2v) is 5.49. The van der Waals surface area contributed by atoms with Crippen molar-refractivity contribution >= 4 is 17.7 Å². The van der Waals surface area contributed by atoms with Gasteiger partial charge < -0.3 is 14.8 Å². The number of nitrogens with zero attached hydrogens (tertiary/aromatic N) is 1. The number of nitriles is 1. The highest BCUT2D eigenvalue weighted by Crippen LogP contribution is 2.31. The first-order valence-corrected chi connectivity index (χ1v) is 7.87. The molecular formula is C19H13F5N2O3. The van der Waals surface area contributed by atoms with E-state index >= 15 is 0 Å². The van der Waals surface area contributed by atoms with Gasteiger partial charge in [0.1, 0.15) is 11.6 Å². The van der Waals surface area contributed by atoms with Crippen LogP contribution in [0.1, 0.15) is 11.1 Å². The fourth-order valence-corrected chi connectivity index (χ4v) is 2.26. The lowest BCUT2D eigenvalue weighted by atomic mass is 10.1. The minimum Gasteiger partial charge on any atom is -0.493 e. The quantitative estimate of drug-likeness (QED) is 0.418. The zero-order chi connectivity index (χ0) is 21.6. The van der Waals surface area contributed by atoms with E-state index in [1.807, 2.05) is 0 Å². The molecule has 10 heteroatoms. The van der Waals surface area contributed by atoms with E-state index in [1.165, 1.54) is 25.3 Å². The molecule has 0 saturated carbocycles. The molecule has 0 aliphatic rings.